The normalized spacial score (nSPS) is 17.8. The van der Waals surface area contributed by atoms with Crippen LogP contribution in [0.2, 0.25) is 0 Å². The van der Waals surface area contributed by atoms with Gasteiger partial charge < -0.3 is 14.7 Å². The van der Waals surface area contributed by atoms with Crippen LogP contribution in [0, 0.1) is 0 Å². The molecule has 1 aliphatic heterocycles. The topological polar surface area (TPSA) is 58.5 Å². The van der Waals surface area contributed by atoms with E-state index in [4.69, 9.17) is 9.84 Å². The van der Waals surface area contributed by atoms with Crippen LogP contribution >= 0.6 is 11.5 Å². The van der Waals surface area contributed by atoms with E-state index in [1.807, 2.05) is 0 Å². The summed E-state index contributed by atoms with van der Waals surface area (Å²) in [7, 11) is 0. The van der Waals surface area contributed by atoms with Crippen LogP contribution in [-0.4, -0.2) is 41.0 Å². The van der Waals surface area contributed by atoms with Gasteiger partial charge in [-0.25, -0.2) is 0 Å². The molecule has 1 N–H and O–H groups in total. The molecule has 13 heavy (non-hydrogen) atoms. The van der Waals surface area contributed by atoms with Gasteiger partial charge in [-0.3, -0.25) is 0 Å². The Morgan fingerprint density at radius 1 is 1.46 bits per heavy atom. The number of hydrogen-bond acceptors (Lipinski definition) is 6. The number of nitrogens with zero attached hydrogens (tertiary/aromatic N) is 3. The third-order valence-electron chi connectivity index (χ3n) is 1.98. The van der Waals surface area contributed by atoms with Gasteiger partial charge in [-0.1, -0.05) is 4.49 Å². The summed E-state index contributed by atoms with van der Waals surface area (Å²) < 4.78 is 9.05. The predicted molar refractivity (Wildman–Crippen MR) is 48.9 cm³/mol. The Morgan fingerprint density at radius 2 is 2.23 bits per heavy atom. The van der Waals surface area contributed by atoms with Crippen LogP contribution in [0.15, 0.2) is 0 Å². The molecule has 1 aromatic rings. The highest BCUT2D eigenvalue weighted by Crippen LogP contribution is 2.23. The number of aromatic nitrogens is 2. The van der Waals surface area contributed by atoms with Crippen LogP contribution in [0.1, 0.15) is 5.69 Å². The van der Waals surface area contributed by atoms with E-state index in [9.17, 15) is 0 Å². The quantitative estimate of drug-likeness (QED) is 0.722. The lowest BCUT2D eigenvalue weighted by Crippen LogP contribution is -2.36. The number of rotatable bonds is 2. The number of ether oxygens (including phenoxy) is 1. The molecule has 1 saturated heterocycles. The molecule has 2 heterocycles. The maximum Gasteiger partial charge on any atom is 0.138 e. The Balaban J connectivity index is 2.13. The first-order valence-electron chi connectivity index (χ1n) is 4.16. The maximum absolute atomic E-state index is 8.98. The Hall–Kier alpha value is -0.720. The van der Waals surface area contributed by atoms with Crippen molar-refractivity contribution in [2.24, 2.45) is 0 Å². The molecule has 5 nitrogen and oxygen atoms in total. The van der Waals surface area contributed by atoms with Crippen molar-refractivity contribution in [2.75, 3.05) is 31.2 Å². The molecular formula is C7H11N3O2S. The minimum absolute atomic E-state index is 0.0385. The molecule has 0 radical (unpaired) electrons. The molecule has 1 aliphatic rings. The fourth-order valence-corrected chi connectivity index (χ4v) is 2.04. The van der Waals surface area contributed by atoms with Crippen LogP contribution in [0.4, 0.5) is 5.00 Å². The molecule has 0 aliphatic carbocycles. The highest BCUT2D eigenvalue weighted by molar-refractivity contribution is 7.10. The first-order valence-corrected chi connectivity index (χ1v) is 4.94. The van der Waals surface area contributed by atoms with Crippen molar-refractivity contribution >= 4 is 16.5 Å². The van der Waals surface area contributed by atoms with E-state index in [2.05, 4.69) is 14.5 Å². The zero-order valence-corrected chi connectivity index (χ0v) is 7.96. The smallest absolute Gasteiger partial charge is 0.138 e. The van der Waals surface area contributed by atoms with E-state index in [0.29, 0.717) is 5.69 Å². The Kier molecular flexibility index (Phi) is 2.72. The number of aliphatic hydroxyl groups excluding tert-OH is 1. The van der Waals surface area contributed by atoms with Crippen LogP contribution < -0.4 is 4.90 Å². The highest BCUT2D eigenvalue weighted by Gasteiger charge is 2.17. The molecule has 72 valence electrons. The van der Waals surface area contributed by atoms with Gasteiger partial charge in [0.2, 0.25) is 0 Å². The standard InChI is InChI=1S/C7H11N3O2S/c11-5-6-7(13-9-8-6)10-1-3-12-4-2-10/h11H,1-5H2. The largest absolute Gasteiger partial charge is 0.390 e. The summed E-state index contributed by atoms with van der Waals surface area (Å²) in [5, 5.41) is 13.8. The summed E-state index contributed by atoms with van der Waals surface area (Å²) >= 11 is 1.33. The summed E-state index contributed by atoms with van der Waals surface area (Å²) in [5.41, 5.74) is 0.673. The fraction of sp³-hybridized carbons (Fsp3) is 0.714. The van der Waals surface area contributed by atoms with E-state index in [1.54, 1.807) is 0 Å². The van der Waals surface area contributed by atoms with Gasteiger partial charge in [-0.05, 0) is 0 Å². The number of morpholine rings is 1. The van der Waals surface area contributed by atoms with E-state index in [1.165, 1.54) is 11.5 Å². The summed E-state index contributed by atoms with van der Waals surface area (Å²) in [5.74, 6) is 0. The maximum atomic E-state index is 8.98. The van der Waals surface area contributed by atoms with Gasteiger partial charge in [0.1, 0.15) is 10.7 Å². The van der Waals surface area contributed by atoms with Gasteiger partial charge in [0.05, 0.1) is 19.8 Å². The van der Waals surface area contributed by atoms with Gasteiger partial charge in [0, 0.05) is 24.6 Å². The van der Waals surface area contributed by atoms with Crippen molar-refractivity contribution in [1.29, 1.82) is 0 Å². The van der Waals surface area contributed by atoms with Gasteiger partial charge in [-0.15, -0.1) is 5.10 Å². The second-order valence-electron chi connectivity index (χ2n) is 2.78. The third-order valence-corrected chi connectivity index (χ3v) is 2.81. The molecule has 1 fully saturated rings. The first kappa shape index (κ1) is 8.86. The van der Waals surface area contributed by atoms with Gasteiger partial charge in [0.15, 0.2) is 0 Å². The third kappa shape index (κ3) is 1.79. The Labute approximate surface area is 80.1 Å². The molecule has 0 unspecified atom stereocenters. The number of anilines is 1. The average Bonchev–Trinajstić information content (AvgIpc) is 2.67. The minimum atomic E-state index is -0.0385. The monoisotopic (exact) mass is 201 g/mol. The lowest BCUT2D eigenvalue weighted by atomic mass is 10.4. The average molecular weight is 201 g/mol. The predicted octanol–water partition coefficient (Wildman–Crippen LogP) is -0.133. The Bertz CT molecular complexity index is 272. The van der Waals surface area contributed by atoms with Crippen molar-refractivity contribution in [1.82, 2.24) is 9.59 Å². The second-order valence-corrected chi connectivity index (χ2v) is 3.51. The van der Waals surface area contributed by atoms with Crippen molar-refractivity contribution in [3.05, 3.63) is 5.69 Å². The molecule has 0 saturated carbocycles. The molecule has 0 aromatic carbocycles. The summed E-state index contributed by atoms with van der Waals surface area (Å²) in [6.45, 7) is 3.16. The van der Waals surface area contributed by atoms with E-state index < -0.39 is 0 Å². The van der Waals surface area contributed by atoms with E-state index >= 15 is 0 Å². The molecule has 0 atom stereocenters. The lowest BCUT2D eigenvalue weighted by molar-refractivity contribution is 0.122. The van der Waals surface area contributed by atoms with Gasteiger partial charge in [0.25, 0.3) is 0 Å². The van der Waals surface area contributed by atoms with Gasteiger partial charge >= 0.3 is 0 Å². The SMILES string of the molecule is OCc1nnsc1N1CCOCC1. The van der Waals surface area contributed by atoms with Crippen LogP contribution in [0.5, 0.6) is 0 Å². The number of hydrogen-bond donors (Lipinski definition) is 1. The van der Waals surface area contributed by atoms with Crippen molar-refractivity contribution in [3.8, 4) is 0 Å². The molecule has 0 amide bonds. The van der Waals surface area contributed by atoms with Crippen LogP contribution in [0.25, 0.3) is 0 Å². The summed E-state index contributed by atoms with van der Waals surface area (Å²) in [6.07, 6.45) is 0. The molecule has 6 heteroatoms. The molecular weight excluding hydrogens is 190 g/mol. The number of aliphatic hydroxyl groups is 1. The zero-order chi connectivity index (χ0) is 9.10. The minimum Gasteiger partial charge on any atom is -0.390 e. The van der Waals surface area contributed by atoms with Crippen LogP contribution in [-0.2, 0) is 11.3 Å². The van der Waals surface area contributed by atoms with Crippen molar-refractivity contribution in [2.45, 2.75) is 6.61 Å². The summed E-state index contributed by atoms with van der Waals surface area (Å²) in [6, 6.07) is 0. The lowest BCUT2D eigenvalue weighted by Gasteiger charge is -2.27. The summed E-state index contributed by atoms with van der Waals surface area (Å²) in [4.78, 5) is 2.15. The second kappa shape index (κ2) is 3.99. The van der Waals surface area contributed by atoms with Gasteiger partial charge in [-0.2, -0.15) is 0 Å². The van der Waals surface area contributed by atoms with Crippen molar-refractivity contribution in [3.63, 3.8) is 0 Å². The van der Waals surface area contributed by atoms with E-state index in [-0.39, 0.29) is 6.61 Å². The Morgan fingerprint density at radius 3 is 2.92 bits per heavy atom. The van der Waals surface area contributed by atoms with E-state index in [0.717, 1.165) is 31.3 Å². The molecule has 0 spiro atoms. The fourth-order valence-electron chi connectivity index (χ4n) is 1.31. The zero-order valence-electron chi connectivity index (χ0n) is 7.14. The molecule has 1 aromatic heterocycles. The molecule has 2 rings (SSSR count). The molecule has 0 bridgehead atoms. The van der Waals surface area contributed by atoms with Crippen molar-refractivity contribution < 1.29 is 9.84 Å². The highest BCUT2D eigenvalue weighted by atomic mass is 32.1. The first-order chi connectivity index (χ1) is 6.42. The van der Waals surface area contributed by atoms with Crippen LogP contribution in [0.3, 0.4) is 0 Å².